The summed E-state index contributed by atoms with van der Waals surface area (Å²) in [4.78, 5) is 2.30. The first-order valence-electron chi connectivity index (χ1n) is 4.25. The topological polar surface area (TPSA) is 27.0 Å². The molecular weight excluding hydrogens is 136 g/mol. The summed E-state index contributed by atoms with van der Waals surface area (Å²) >= 11 is 0. The minimum absolute atomic E-state index is 0.622. The summed E-state index contributed by atoms with van der Waals surface area (Å²) in [5.41, 5.74) is 0. The molecular formula is C9H18N2. The van der Waals surface area contributed by atoms with Crippen LogP contribution in [0.5, 0.6) is 0 Å². The van der Waals surface area contributed by atoms with Crippen molar-refractivity contribution >= 4 is 0 Å². The van der Waals surface area contributed by atoms with Gasteiger partial charge in [0, 0.05) is 12.5 Å². The van der Waals surface area contributed by atoms with Gasteiger partial charge in [-0.2, -0.15) is 5.26 Å². The number of hydrogen-bond donors (Lipinski definition) is 0. The fourth-order valence-corrected chi connectivity index (χ4v) is 0.823. The fraction of sp³-hybridized carbons (Fsp3) is 0.889. The second kappa shape index (κ2) is 6.18. The number of unbranched alkanes of at least 4 members (excludes halogenated alkanes) is 2. The van der Waals surface area contributed by atoms with E-state index in [-0.39, 0.29) is 0 Å². The lowest BCUT2D eigenvalue weighted by molar-refractivity contribution is 0.269. The molecule has 11 heavy (non-hydrogen) atoms. The van der Waals surface area contributed by atoms with Gasteiger partial charge in [0.05, 0.1) is 6.07 Å². The monoisotopic (exact) mass is 154 g/mol. The molecule has 0 aliphatic heterocycles. The molecule has 0 saturated carbocycles. The predicted octanol–water partition coefficient (Wildman–Crippen LogP) is 2.02. The van der Waals surface area contributed by atoms with Gasteiger partial charge < -0.3 is 4.90 Å². The second-order valence-corrected chi connectivity index (χ2v) is 3.19. The summed E-state index contributed by atoms with van der Waals surface area (Å²) in [6, 6.07) is 2.77. The van der Waals surface area contributed by atoms with Crippen molar-refractivity contribution in [2.24, 2.45) is 0 Å². The summed E-state index contributed by atoms with van der Waals surface area (Å²) in [6.45, 7) is 5.48. The van der Waals surface area contributed by atoms with Crippen molar-refractivity contribution in [3.05, 3.63) is 0 Å². The van der Waals surface area contributed by atoms with E-state index in [9.17, 15) is 0 Å². The van der Waals surface area contributed by atoms with E-state index in [1.807, 2.05) is 0 Å². The van der Waals surface area contributed by atoms with Gasteiger partial charge in [0.2, 0.25) is 0 Å². The van der Waals surface area contributed by atoms with Crippen LogP contribution in [0.1, 0.15) is 33.1 Å². The minimum Gasteiger partial charge on any atom is -0.304 e. The van der Waals surface area contributed by atoms with E-state index in [1.54, 1.807) is 0 Å². The van der Waals surface area contributed by atoms with E-state index in [4.69, 9.17) is 5.26 Å². The normalized spacial score (nSPS) is 10.5. The molecule has 0 spiro atoms. The number of rotatable bonds is 5. The molecule has 2 nitrogen and oxygen atoms in total. The average Bonchev–Trinajstić information content (AvgIpc) is 1.97. The van der Waals surface area contributed by atoms with Gasteiger partial charge in [0.25, 0.3) is 0 Å². The van der Waals surface area contributed by atoms with Crippen molar-refractivity contribution in [1.82, 2.24) is 4.90 Å². The van der Waals surface area contributed by atoms with Crippen molar-refractivity contribution in [1.29, 1.82) is 5.26 Å². The molecule has 0 N–H and O–H groups in total. The van der Waals surface area contributed by atoms with E-state index in [1.165, 1.54) is 0 Å². The maximum Gasteiger partial charge on any atom is 0.0621 e. The van der Waals surface area contributed by atoms with Crippen molar-refractivity contribution in [2.75, 3.05) is 13.6 Å². The molecule has 64 valence electrons. The molecule has 0 aliphatic rings. The summed E-state index contributed by atoms with van der Waals surface area (Å²) in [6.07, 6.45) is 2.88. The standard InChI is InChI=1S/C9H18N2/c1-9(2)11(3)8-6-4-5-7-10/h9H,4-6,8H2,1-3H3. The van der Waals surface area contributed by atoms with Crippen LogP contribution in [0.3, 0.4) is 0 Å². The van der Waals surface area contributed by atoms with Crippen LogP contribution in [0.25, 0.3) is 0 Å². The smallest absolute Gasteiger partial charge is 0.0621 e. The second-order valence-electron chi connectivity index (χ2n) is 3.19. The van der Waals surface area contributed by atoms with Crippen LogP contribution in [-0.4, -0.2) is 24.5 Å². The lowest BCUT2D eigenvalue weighted by Crippen LogP contribution is -2.27. The summed E-state index contributed by atoms with van der Waals surface area (Å²) < 4.78 is 0. The number of nitriles is 1. The third kappa shape index (κ3) is 5.87. The summed E-state index contributed by atoms with van der Waals surface area (Å²) in [5.74, 6) is 0. The van der Waals surface area contributed by atoms with Crippen LogP contribution >= 0.6 is 0 Å². The van der Waals surface area contributed by atoms with E-state index in [2.05, 4.69) is 31.9 Å². The Labute approximate surface area is 69.8 Å². The van der Waals surface area contributed by atoms with E-state index in [0.717, 1.165) is 19.4 Å². The van der Waals surface area contributed by atoms with Crippen LogP contribution in [-0.2, 0) is 0 Å². The van der Waals surface area contributed by atoms with Crippen molar-refractivity contribution < 1.29 is 0 Å². The molecule has 2 heteroatoms. The van der Waals surface area contributed by atoms with Crippen LogP contribution in [0.2, 0.25) is 0 Å². The summed E-state index contributed by atoms with van der Waals surface area (Å²) in [7, 11) is 2.12. The van der Waals surface area contributed by atoms with Crippen molar-refractivity contribution in [3.63, 3.8) is 0 Å². The zero-order valence-corrected chi connectivity index (χ0v) is 7.80. The van der Waals surface area contributed by atoms with Crippen LogP contribution in [0.15, 0.2) is 0 Å². The Kier molecular flexibility index (Phi) is 5.87. The van der Waals surface area contributed by atoms with Crippen LogP contribution < -0.4 is 0 Å². The van der Waals surface area contributed by atoms with Gasteiger partial charge in [0.1, 0.15) is 0 Å². The molecule has 0 aromatic carbocycles. The predicted molar refractivity (Wildman–Crippen MR) is 47.2 cm³/mol. The first kappa shape index (κ1) is 10.4. The lowest BCUT2D eigenvalue weighted by Gasteiger charge is -2.20. The zero-order valence-electron chi connectivity index (χ0n) is 7.80. The molecule has 0 bridgehead atoms. The van der Waals surface area contributed by atoms with Crippen LogP contribution in [0, 0.1) is 11.3 Å². The highest BCUT2D eigenvalue weighted by Gasteiger charge is 2.00. The third-order valence-electron chi connectivity index (χ3n) is 1.93. The van der Waals surface area contributed by atoms with Crippen molar-refractivity contribution in [3.8, 4) is 6.07 Å². The van der Waals surface area contributed by atoms with Gasteiger partial charge in [-0.05, 0) is 40.3 Å². The highest BCUT2D eigenvalue weighted by Crippen LogP contribution is 1.99. The Morgan fingerprint density at radius 1 is 1.36 bits per heavy atom. The Balaban J connectivity index is 3.19. The molecule has 0 rings (SSSR count). The van der Waals surface area contributed by atoms with Crippen LogP contribution in [0.4, 0.5) is 0 Å². The zero-order chi connectivity index (χ0) is 8.69. The van der Waals surface area contributed by atoms with E-state index < -0.39 is 0 Å². The van der Waals surface area contributed by atoms with E-state index >= 15 is 0 Å². The maximum atomic E-state index is 8.28. The summed E-state index contributed by atoms with van der Waals surface area (Å²) in [5, 5.41) is 8.28. The molecule has 0 saturated heterocycles. The van der Waals surface area contributed by atoms with Gasteiger partial charge in [-0.25, -0.2) is 0 Å². The Bertz CT molecular complexity index is 124. The fourth-order valence-electron chi connectivity index (χ4n) is 0.823. The number of hydrogen-bond acceptors (Lipinski definition) is 2. The third-order valence-corrected chi connectivity index (χ3v) is 1.93. The molecule has 0 unspecified atom stereocenters. The number of nitrogens with zero attached hydrogens (tertiary/aromatic N) is 2. The highest BCUT2D eigenvalue weighted by molar-refractivity contribution is 4.68. The van der Waals surface area contributed by atoms with Gasteiger partial charge in [0.15, 0.2) is 0 Å². The molecule has 0 aliphatic carbocycles. The Morgan fingerprint density at radius 3 is 2.45 bits per heavy atom. The lowest BCUT2D eigenvalue weighted by atomic mass is 10.2. The first-order valence-corrected chi connectivity index (χ1v) is 4.25. The SMILES string of the molecule is CC(C)N(C)CCCCC#N. The maximum absolute atomic E-state index is 8.28. The van der Waals surface area contributed by atoms with Gasteiger partial charge in [-0.3, -0.25) is 0 Å². The van der Waals surface area contributed by atoms with Gasteiger partial charge in [-0.1, -0.05) is 0 Å². The Hall–Kier alpha value is -0.550. The highest BCUT2D eigenvalue weighted by atomic mass is 15.1. The molecule has 0 heterocycles. The molecule has 0 fully saturated rings. The average molecular weight is 154 g/mol. The first-order chi connectivity index (χ1) is 5.18. The Morgan fingerprint density at radius 2 is 2.00 bits per heavy atom. The quantitative estimate of drug-likeness (QED) is 0.566. The van der Waals surface area contributed by atoms with Crippen molar-refractivity contribution in [2.45, 2.75) is 39.2 Å². The molecule has 0 radical (unpaired) electrons. The molecule has 0 amide bonds. The minimum atomic E-state index is 0.622. The molecule has 0 atom stereocenters. The largest absolute Gasteiger partial charge is 0.304 e. The van der Waals surface area contributed by atoms with E-state index in [0.29, 0.717) is 12.5 Å². The molecule has 0 aromatic heterocycles. The molecule has 0 aromatic rings. The van der Waals surface area contributed by atoms with Gasteiger partial charge in [-0.15, -0.1) is 0 Å². The van der Waals surface area contributed by atoms with Gasteiger partial charge >= 0.3 is 0 Å².